The van der Waals surface area contributed by atoms with Gasteiger partial charge >= 0.3 is 0 Å². The first-order valence-electron chi connectivity index (χ1n) is 7.48. The first-order chi connectivity index (χ1) is 10.9. The Hall–Kier alpha value is -1.92. The highest BCUT2D eigenvalue weighted by molar-refractivity contribution is 7.15. The summed E-state index contributed by atoms with van der Waals surface area (Å²) < 4.78 is 5.23. The number of hydrogen-bond acceptors (Lipinski definition) is 5. The van der Waals surface area contributed by atoms with E-state index in [1.165, 1.54) is 11.3 Å². The second kappa shape index (κ2) is 7.57. The minimum atomic E-state index is -0.259. The van der Waals surface area contributed by atoms with Crippen LogP contribution in [-0.2, 0) is 11.3 Å². The number of methoxy groups -OCH3 is 1. The van der Waals surface area contributed by atoms with Crippen LogP contribution in [0.2, 0.25) is 0 Å². The van der Waals surface area contributed by atoms with Crippen molar-refractivity contribution in [3.05, 3.63) is 40.4 Å². The van der Waals surface area contributed by atoms with E-state index in [-0.39, 0.29) is 11.9 Å². The van der Waals surface area contributed by atoms with Gasteiger partial charge in [-0.2, -0.15) is 0 Å². The van der Waals surface area contributed by atoms with E-state index in [1.807, 2.05) is 57.0 Å². The highest BCUT2D eigenvalue weighted by Gasteiger charge is 2.19. The average Bonchev–Trinajstić information content (AvgIpc) is 2.84. The maximum absolute atomic E-state index is 12.4. The monoisotopic (exact) mass is 333 g/mol. The molecular weight excluding hydrogens is 310 g/mol. The lowest BCUT2D eigenvalue weighted by Gasteiger charge is -2.23. The zero-order valence-electron chi connectivity index (χ0n) is 14.2. The Bertz CT molecular complexity index is 665. The van der Waals surface area contributed by atoms with Crippen LogP contribution in [0.4, 0.5) is 5.13 Å². The fourth-order valence-electron chi connectivity index (χ4n) is 2.13. The lowest BCUT2D eigenvalue weighted by atomic mass is 10.2. The molecule has 0 saturated carbocycles. The van der Waals surface area contributed by atoms with Crippen LogP contribution in [0.1, 0.15) is 23.1 Å². The van der Waals surface area contributed by atoms with Gasteiger partial charge < -0.3 is 10.1 Å². The van der Waals surface area contributed by atoms with Crippen molar-refractivity contribution in [1.29, 1.82) is 0 Å². The van der Waals surface area contributed by atoms with Gasteiger partial charge in [-0.1, -0.05) is 12.1 Å². The molecule has 0 unspecified atom stereocenters. The molecule has 0 bridgehead atoms. The number of carbonyl (C=O) groups excluding carboxylic acids is 1. The van der Waals surface area contributed by atoms with E-state index in [2.05, 4.69) is 10.3 Å². The Morgan fingerprint density at radius 3 is 2.78 bits per heavy atom. The number of nitrogens with zero attached hydrogens (tertiary/aromatic N) is 2. The number of hydrogen-bond donors (Lipinski definition) is 1. The Morgan fingerprint density at radius 1 is 1.43 bits per heavy atom. The van der Waals surface area contributed by atoms with Gasteiger partial charge in [-0.3, -0.25) is 9.69 Å². The first kappa shape index (κ1) is 17.4. The molecule has 124 valence electrons. The normalized spacial score (nSPS) is 12.3. The minimum Gasteiger partial charge on any atom is -0.497 e. The third-order valence-corrected chi connectivity index (χ3v) is 4.85. The first-order valence-corrected chi connectivity index (χ1v) is 8.30. The molecular formula is C17H23N3O2S. The molecule has 1 N–H and O–H groups in total. The molecule has 1 aromatic carbocycles. The van der Waals surface area contributed by atoms with E-state index in [9.17, 15) is 4.79 Å². The van der Waals surface area contributed by atoms with E-state index in [0.717, 1.165) is 21.9 Å². The van der Waals surface area contributed by atoms with Crippen molar-refractivity contribution >= 4 is 22.4 Å². The molecule has 1 heterocycles. The van der Waals surface area contributed by atoms with Crippen LogP contribution in [-0.4, -0.2) is 36.0 Å². The second-order valence-electron chi connectivity index (χ2n) is 5.59. The van der Waals surface area contributed by atoms with Crippen molar-refractivity contribution in [3.8, 4) is 5.75 Å². The summed E-state index contributed by atoms with van der Waals surface area (Å²) in [5.41, 5.74) is 2.06. The lowest BCUT2D eigenvalue weighted by Crippen LogP contribution is -2.39. The van der Waals surface area contributed by atoms with Gasteiger partial charge in [-0.05, 0) is 45.5 Å². The van der Waals surface area contributed by atoms with E-state index in [4.69, 9.17) is 4.74 Å². The third-order valence-electron chi connectivity index (χ3n) is 3.87. The van der Waals surface area contributed by atoms with Crippen LogP contribution in [0.15, 0.2) is 24.3 Å². The van der Waals surface area contributed by atoms with E-state index in [0.29, 0.717) is 11.7 Å². The largest absolute Gasteiger partial charge is 0.497 e. The van der Waals surface area contributed by atoms with Crippen molar-refractivity contribution in [3.63, 3.8) is 0 Å². The molecule has 0 aliphatic rings. The van der Waals surface area contributed by atoms with Gasteiger partial charge in [0.2, 0.25) is 5.91 Å². The number of aryl methyl sites for hydroxylation is 2. The summed E-state index contributed by atoms with van der Waals surface area (Å²) >= 11 is 1.50. The van der Waals surface area contributed by atoms with E-state index >= 15 is 0 Å². The summed E-state index contributed by atoms with van der Waals surface area (Å²) in [5.74, 6) is 0.769. The van der Waals surface area contributed by atoms with Crippen molar-refractivity contribution < 1.29 is 9.53 Å². The number of rotatable bonds is 6. The summed E-state index contributed by atoms with van der Waals surface area (Å²) in [5, 5.41) is 3.55. The van der Waals surface area contributed by atoms with Crippen LogP contribution in [0, 0.1) is 13.8 Å². The molecule has 5 nitrogen and oxygen atoms in total. The smallest absolute Gasteiger partial charge is 0.243 e. The number of anilines is 1. The maximum Gasteiger partial charge on any atom is 0.243 e. The molecule has 0 fully saturated rings. The van der Waals surface area contributed by atoms with Crippen LogP contribution in [0.3, 0.4) is 0 Å². The summed E-state index contributed by atoms with van der Waals surface area (Å²) in [6.45, 7) is 6.51. The highest BCUT2D eigenvalue weighted by Crippen LogP contribution is 2.21. The number of nitrogens with one attached hydrogen (secondary N) is 1. The van der Waals surface area contributed by atoms with Crippen molar-refractivity contribution in [1.82, 2.24) is 9.88 Å². The summed E-state index contributed by atoms with van der Waals surface area (Å²) in [7, 11) is 3.58. The highest BCUT2D eigenvalue weighted by atomic mass is 32.1. The zero-order chi connectivity index (χ0) is 17.0. The molecule has 2 rings (SSSR count). The zero-order valence-corrected chi connectivity index (χ0v) is 15.0. The third kappa shape index (κ3) is 4.53. The number of amides is 1. The number of aromatic nitrogens is 1. The Labute approximate surface area is 141 Å². The van der Waals surface area contributed by atoms with E-state index < -0.39 is 0 Å². The van der Waals surface area contributed by atoms with Gasteiger partial charge in [0.05, 0.1) is 18.8 Å². The van der Waals surface area contributed by atoms with Gasteiger partial charge in [0.15, 0.2) is 5.13 Å². The Morgan fingerprint density at radius 2 is 2.17 bits per heavy atom. The minimum absolute atomic E-state index is 0.0517. The van der Waals surface area contributed by atoms with Crippen LogP contribution in [0.25, 0.3) is 0 Å². The quantitative estimate of drug-likeness (QED) is 0.882. The van der Waals surface area contributed by atoms with Gasteiger partial charge in [0, 0.05) is 11.4 Å². The fourth-order valence-corrected chi connectivity index (χ4v) is 2.95. The van der Waals surface area contributed by atoms with Gasteiger partial charge in [-0.25, -0.2) is 4.98 Å². The molecule has 0 aliphatic carbocycles. The lowest BCUT2D eigenvalue weighted by molar-refractivity contribution is -0.120. The number of thiazole rings is 1. The average molecular weight is 333 g/mol. The summed E-state index contributed by atoms with van der Waals surface area (Å²) in [6.07, 6.45) is 0. The number of carbonyl (C=O) groups is 1. The topological polar surface area (TPSA) is 54.5 Å². The molecule has 0 saturated heterocycles. The molecule has 6 heteroatoms. The second-order valence-corrected chi connectivity index (χ2v) is 6.80. The number of likely N-dealkylation sites (N-methyl/N-ethyl adjacent to an activating group) is 1. The van der Waals surface area contributed by atoms with Gasteiger partial charge in [0.25, 0.3) is 0 Å². The maximum atomic E-state index is 12.4. The van der Waals surface area contributed by atoms with Gasteiger partial charge in [-0.15, -0.1) is 11.3 Å². The predicted molar refractivity (Wildman–Crippen MR) is 94.1 cm³/mol. The van der Waals surface area contributed by atoms with Crippen molar-refractivity contribution in [2.75, 3.05) is 19.5 Å². The molecule has 0 radical (unpaired) electrons. The number of ether oxygens (including phenoxy) is 1. The van der Waals surface area contributed by atoms with Crippen LogP contribution < -0.4 is 10.1 Å². The van der Waals surface area contributed by atoms with E-state index in [1.54, 1.807) is 7.11 Å². The standard InChI is InChI=1S/C17H23N3O2S/c1-11-13(3)23-17(18-11)19-16(21)12(2)20(4)10-14-7-6-8-15(9-14)22-5/h6-9,12H,10H2,1-5H3,(H,18,19,21)/t12-/m1/s1. The predicted octanol–water partition coefficient (Wildman–Crippen LogP) is 3.23. The Kier molecular flexibility index (Phi) is 5.74. The summed E-state index contributed by atoms with van der Waals surface area (Å²) in [4.78, 5) is 19.8. The van der Waals surface area contributed by atoms with Crippen LogP contribution in [0.5, 0.6) is 5.75 Å². The molecule has 23 heavy (non-hydrogen) atoms. The summed E-state index contributed by atoms with van der Waals surface area (Å²) in [6, 6.07) is 7.61. The Balaban J connectivity index is 1.97. The number of benzene rings is 1. The molecule has 0 aliphatic heterocycles. The molecule has 1 atom stereocenters. The molecule has 1 aromatic heterocycles. The van der Waals surface area contributed by atoms with Crippen LogP contribution >= 0.6 is 11.3 Å². The fraction of sp³-hybridized carbons (Fsp3) is 0.412. The van der Waals surface area contributed by atoms with Crippen molar-refractivity contribution in [2.24, 2.45) is 0 Å². The SMILES string of the molecule is COc1cccc(CN(C)[C@H](C)C(=O)Nc2nc(C)c(C)s2)c1. The molecule has 2 aromatic rings. The molecule has 1 amide bonds. The molecule has 0 spiro atoms. The van der Waals surface area contributed by atoms with Gasteiger partial charge in [0.1, 0.15) is 5.75 Å². The van der Waals surface area contributed by atoms with Crippen molar-refractivity contribution in [2.45, 2.75) is 33.4 Å².